The molecule has 0 N–H and O–H groups in total. The molecule has 0 saturated heterocycles. The zero-order valence-corrected chi connectivity index (χ0v) is 9.77. The number of ether oxygens (including phenoxy) is 1. The van der Waals surface area contributed by atoms with Gasteiger partial charge >= 0.3 is 0 Å². The fraction of sp³-hybridized carbons (Fsp3) is 0.400. The van der Waals surface area contributed by atoms with Gasteiger partial charge in [-0.2, -0.15) is 0 Å². The van der Waals surface area contributed by atoms with E-state index in [2.05, 4.69) is 0 Å². The Bertz CT molecular complexity index is 279. The van der Waals surface area contributed by atoms with Gasteiger partial charge in [0, 0.05) is 12.0 Å². The second-order valence-electron chi connectivity index (χ2n) is 2.80. The van der Waals surface area contributed by atoms with Crippen LogP contribution in [0, 0.1) is 0 Å². The number of hydrogen-bond acceptors (Lipinski definition) is 3. The lowest BCUT2D eigenvalue weighted by Gasteiger charge is -2.07. The van der Waals surface area contributed by atoms with E-state index in [0.29, 0.717) is 6.61 Å². The van der Waals surface area contributed by atoms with Crippen molar-refractivity contribution in [3.63, 3.8) is 0 Å². The molecule has 14 heavy (non-hydrogen) atoms. The van der Waals surface area contributed by atoms with Crippen LogP contribution in [0.25, 0.3) is 0 Å². The molecule has 0 aliphatic heterocycles. The Labute approximate surface area is 93.8 Å². The third-order valence-electron chi connectivity index (χ3n) is 1.52. The largest absolute Gasteiger partial charge is 0.496 e. The van der Waals surface area contributed by atoms with E-state index in [1.807, 2.05) is 31.2 Å². The van der Waals surface area contributed by atoms with E-state index in [9.17, 15) is 0 Å². The minimum atomic E-state index is 0.0252. The second-order valence-corrected chi connectivity index (χ2v) is 4.39. The summed E-state index contributed by atoms with van der Waals surface area (Å²) in [5.74, 6) is 0.819. The standard InChI is InChI=1S/C10H13ClO2S/c1-8(11)7-13-14-10-6-4-3-5-9(10)12-2/h3-6,8H,7H2,1-2H3. The van der Waals surface area contributed by atoms with Crippen molar-refractivity contribution in [1.29, 1.82) is 0 Å². The maximum Gasteiger partial charge on any atom is 0.134 e. The highest BCUT2D eigenvalue weighted by Crippen LogP contribution is 2.29. The quantitative estimate of drug-likeness (QED) is 0.573. The molecule has 78 valence electrons. The van der Waals surface area contributed by atoms with Gasteiger partial charge in [-0.3, -0.25) is 0 Å². The molecule has 1 unspecified atom stereocenters. The summed E-state index contributed by atoms with van der Waals surface area (Å²) < 4.78 is 10.5. The summed E-state index contributed by atoms with van der Waals surface area (Å²) in [5, 5.41) is 0.0252. The van der Waals surface area contributed by atoms with Crippen LogP contribution >= 0.6 is 23.6 Å². The molecule has 0 aliphatic carbocycles. The van der Waals surface area contributed by atoms with Crippen LogP contribution in [0.5, 0.6) is 5.75 Å². The van der Waals surface area contributed by atoms with E-state index < -0.39 is 0 Å². The molecule has 0 fully saturated rings. The van der Waals surface area contributed by atoms with Crippen molar-refractivity contribution in [3.05, 3.63) is 24.3 Å². The zero-order valence-electron chi connectivity index (χ0n) is 8.20. The maximum atomic E-state index is 5.75. The van der Waals surface area contributed by atoms with Crippen molar-refractivity contribution in [2.24, 2.45) is 0 Å². The van der Waals surface area contributed by atoms with Crippen LogP contribution in [0.2, 0.25) is 0 Å². The fourth-order valence-corrected chi connectivity index (χ4v) is 1.78. The van der Waals surface area contributed by atoms with E-state index in [-0.39, 0.29) is 5.38 Å². The zero-order chi connectivity index (χ0) is 10.4. The highest BCUT2D eigenvalue weighted by Gasteiger charge is 2.03. The summed E-state index contributed by atoms with van der Waals surface area (Å²) in [6.07, 6.45) is 0. The smallest absolute Gasteiger partial charge is 0.134 e. The third kappa shape index (κ3) is 3.78. The van der Waals surface area contributed by atoms with Crippen molar-refractivity contribution in [2.75, 3.05) is 13.7 Å². The summed E-state index contributed by atoms with van der Waals surface area (Å²) in [6.45, 7) is 2.41. The molecular formula is C10H13ClO2S. The van der Waals surface area contributed by atoms with Gasteiger partial charge in [-0.25, -0.2) is 0 Å². The van der Waals surface area contributed by atoms with Crippen molar-refractivity contribution in [3.8, 4) is 5.75 Å². The molecule has 2 nitrogen and oxygen atoms in total. The predicted molar refractivity (Wildman–Crippen MR) is 60.1 cm³/mol. The molecule has 0 aromatic heterocycles. The third-order valence-corrected chi connectivity index (χ3v) is 2.41. The normalized spacial score (nSPS) is 12.5. The summed E-state index contributed by atoms with van der Waals surface area (Å²) in [6, 6.07) is 7.71. The number of alkyl halides is 1. The lowest BCUT2D eigenvalue weighted by Crippen LogP contribution is -1.99. The van der Waals surface area contributed by atoms with Crippen LogP contribution in [0.4, 0.5) is 0 Å². The van der Waals surface area contributed by atoms with Crippen molar-refractivity contribution < 1.29 is 8.92 Å². The van der Waals surface area contributed by atoms with Gasteiger partial charge in [-0.05, 0) is 19.1 Å². The van der Waals surface area contributed by atoms with Crippen LogP contribution in [0.15, 0.2) is 29.2 Å². The van der Waals surface area contributed by atoms with Crippen LogP contribution < -0.4 is 4.74 Å². The molecule has 1 atom stereocenters. The summed E-state index contributed by atoms with van der Waals surface area (Å²) in [5.41, 5.74) is 0. The summed E-state index contributed by atoms with van der Waals surface area (Å²) in [7, 11) is 1.64. The first kappa shape index (κ1) is 11.7. The van der Waals surface area contributed by atoms with Gasteiger partial charge in [0.25, 0.3) is 0 Å². The molecular weight excluding hydrogens is 220 g/mol. The Balaban J connectivity index is 2.49. The molecule has 1 aromatic carbocycles. The lowest BCUT2D eigenvalue weighted by molar-refractivity contribution is 0.371. The molecule has 0 saturated carbocycles. The Morgan fingerprint density at radius 3 is 2.79 bits per heavy atom. The molecule has 1 rings (SSSR count). The van der Waals surface area contributed by atoms with Gasteiger partial charge in [0.2, 0.25) is 0 Å². The molecule has 0 aliphatic rings. The monoisotopic (exact) mass is 232 g/mol. The average Bonchev–Trinajstić information content (AvgIpc) is 2.18. The number of benzene rings is 1. The summed E-state index contributed by atoms with van der Waals surface area (Å²) in [4.78, 5) is 0.965. The van der Waals surface area contributed by atoms with Gasteiger partial charge in [0.05, 0.1) is 24.0 Å². The highest BCUT2D eigenvalue weighted by molar-refractivity contribution is 7.94. The first-order valence-corrected chi connectivity index (χ1v) is 5.48. The molecule has 0 bridgehead atoms. The van der Waals surface area contributed by atoms with Gasteiger partial charge in [0.15, 0.2) is 0 Å². The number of rotatable bonds is 5. The van der Waals surface area contributed by atoms with E-state index in [1.54, 1.807) is 7.11 Å². The number of hydrogen-bond donors (Lipinski definition) is 0. The Morgan fingerprint density at radius 2 is 2.14 bits per heavy atom. The molecule has 0 radical (unpaired) electrons. The number of methoxy groups -OCH3 is 1. The van der Waals surface area contributed by atoms with Gasteiger partial charge in [0.1, 0.15) is 5.75 Å². The maximum absolute atomic E-state index is 5.75. The molecule has 0 heterocycles. The van der Waals surface area contributed by atoms with Crippen LogP contribution in [0.1, 0.15) is 6.92 Å². The predicted octanol–water partition coefficient (Wildman–Crippen LogP) is 3.35. The van der Waals surface area contributed by atoms with Crippen LogP contribution in [-0.4, -0.2) is 19.1 Å². The second kappa shape index (κ2) is 6.17. The van der Waals surface area contributed by atoms with Gasteiger partial charge in [-0.15, -0.1) is 11.6 Å². The lowest BCUT2D eigenvalue weighted by atomic mass is 10.3. The first-order chi connectivity index (χ1) is 6.74. The van der Waals surface area contributed by atoms with E-state index in [0.717, 1.165) is 10.6 Å². The van der Waals surface area contributed by atoms with Gasteiger partial charge < -0.3 is 8.92 Å². The number of halogens is 1. The highest BCUT2D eigenvalue weighted by atomic mass is 35.5. The Hall–Kier alpha value is -0.380. The number of para-hydroxylation sites is 1. The van der Waals surface area contributed by atoms with Crippen LogP contribution in [-0.2, 0) is 4.18 Å². The fourth-order valence-electron chi connectivity index (χ4n) is 0.879. The molecule has 4 heteroatoms. The van der Waals surface area contributed by atoms with Gasteiger partial charge in [-0.1, -0.05) is 12.1 Å². The topological polar surface area (TPSA) is 18.5 Å². The molecule has 1 aromatic rings. The van der Waals surface area contributed by atoms with E-state index >= 15 is 0 Å². The van der Waals surface area contributed by atoms with E-state index in [1.165, 1.54) is 12.0 Å². The SMILES string of the molecule is COc1ccccc1SOCC(C)Cl. The minimum Gasteiger partial charge on any atom is -0.496 e. The Morgan fingerprint density at radius 1 is 1.43 bits per heavy atom. The van der Waals surface area contributed by atoms with Crippen molar-refractivity contribution in [1.82, 2.24) is 0 Å². The van der Waals surface area contributed by atoms with Crippen molar-refractivity contribution in [2.45, 2.75) is 17.2 Å². The average molecular weight is 233 g/mol. The summed E-state index contributed by atoms with van der Waals surface area (Å²) >= 11 is 7.04. The molecule has 0 spiro atoms. The van der Waals surface area contributed by atoms with E-state index in [4.69, 9.17) is 20.5 Å². The van der Waals surface area contributed by atoms with Crippen molar-refractivity contribution >= 4 is 23.6 Å². The minimum absolute atomic E-state index is 0.0252. The molecule has 0 amide bonds. The first-order valence-electron chi connectivity index (χ1n) is 4.30. The van der Waals surface area contributed by atoms with Crippen LogP contribution in [0.3, 0.4) is 0 Å². The Kier molecular flexibility index (Phi) is 5.15.